The molecule has 2 heterocycles. The first kappa shape index (κ1) is 12.9. The maximum absolute atomic E-state index is 6.38. The van der Waals surface area contributed by atoms with Gasteiger partial charge < -0.3 is 14.8 Å². The van der Waals surface area contributed by atoms with Gasteiger partial charge in [-0.2, -0.15) is 0 Å². The number of rotatable bonds is 2. The van der Waals surface area contributed by atoms with Gasteiger partial charge in [-0.05, 0) is 36.1 Å². The molecule has 19 heavy (non-hydrogen) atoms. The number of nitrogens with one attached hydrogen (secondary N) is 1. The third-order valence-electron chi connectivity index (χ3n) is 4.52. The van der Waals surface area contributed by atoms with E-state index in [-0.39, 0.29) is 11.7 Å². The van der Waals surface area contributed by atoms with E-state index in [0.717, 1.165) is 31.9 Å². The van der Waals surface area contributed by atoms with E-state index >= 15 is 0 Å². The van der Waals surface area contributed by atoms with Crippen molar-refractivity contribution in [1.82, 2.24) is 5.32 Å². The Kier molecular flexibility index (Phi) is 3.27. The van der Waals surface area contributed by atoms with Crippen LogP contribution in [0.15, 0.2) is 18.2 Å². The Balaban J connectivity index is 1.82. The van der Waals surface area contributed by atoms with Crippen molar-refractivity contribution in [2.24, 2.45) is 5.92 Å². The molecule has 2 atom stereocenters. The van der Waals surface area contributed by atoms with Gasteiger partial charge in [0.1, 0.15) is 5.75 Å². The van der Waals surface area contributed by atoms with Crippen LogP contribution in [0.3, 0.4) is 0 Å². The average Bonchev–Trinajstić information content (AvgIpc) is 2.85. The standard InChI is InChI=1S/C16H23NO2/c1-11(2)16(3)10-17-9-15(19-16)12-4-5-14-13(8-12)6-7-18-14/h4-5,8,11,15,17H,6-7,9-10H2,1-3H3. The molecular weight excluding hydrogens is 238 g/mol. The first-order chi connectivity index (χ1) is 9.08. The van der Waals surface area contributed by atoms with E-state index in [1.165, 1.54) is 11.1 Å². The fourth-order valence-electron chi connectivity index (χ4n) is 2.79. The summed E-state index contributed by atoms with van der Waals surface area (Å²) in [5.74, 6) is 1.54. The third kappa shape index (κ3) is 2.37. The van der Waals surface area contributed by atoms with E-state index in [1.807, 2.05) is 0 Å². The van der Waals surface area contributed by atoms with Crippen LogP contribution < -0.4 is 10.1 Å². The fraction of sp³-hybridized carbons (Fsp3) is 0.625. The van der Waals surface area contributed by atoms with Gasteiger partial charge in [-0.3, -0.25) is 0 Å². The Labute approximate surface area is 115 Å². The van der Waals surface area contributed by atoms with Crippen LogP contribution in [-0.4, -0.2) is 25.3 Å². The number of hydrogen-bond donors (Lipinski definition) is 1. The highest BCUT2D eigenvalue weighted by atomic mass is 16.5. The number of morpholine rings is 1. The van der Waals surface area contributed by atoms with Crippen LogP contribution in [0.2, 0.25) is 0 Å². The van der Waals surface area contributed by atoms with Crippen molar-refractivity contribution >= 4 is 0 Å². The first-order valence-corrected chi connectivity index (χ1v) is 7.23. The molecule has 3 nitrogen and oxygen atoms in total. The van der Waals surface area contributed by atoms with Gasteiger partial charge in [-0.1, -0.05) is 19.9 Å². The molecule has 3 heteroatoms. The van der Waals surface area contributed by atoms with Crippen molar-refractivity contribution in [2.45, 2.75) is 38.9 Å². The smallest absolute Gasteiger partial charge is 0.122 e. The summed E-state index contributed by atoms with van der Waals surface area (Å²) in [6.07, 6.45) is 1.16. The molecule has 1 fully saturated rings. The van der Waals surface area contributed by atoms with Gasteiger partial charge in [-0.15, -0.1) is 0 Å². The summed E-state index contributed by atoms with van der Waals surface area (Å²) in [5.41, 5.74) is 2.50. The molecule has 0 bridgehead atoms. The summed E-state index contributed by atoms with van der Waals surface area (Å²) in [7, 11) is 0. The predicted molar refractivity (Wildman–Crippen MR) is 75.6 cm³/mol. The zero-order valence-electron chi connectivity index (χ0n) is 12.0. The van der Waals surface area contributed by atoms with Crippen molar-refractivity contribution in [1.29, 1.82) is 0 Å². The molecule has 1 aromatic carbocycles. The van der Waals surface area contributed by atoms with Crippen molar-refractivity contribution < 1.29 is 9.47 Å². The Morgan fingerprint density at radius 3 is 3.00 bits per heavy atom. The van der Waals surface area contributed by atoms with Crippen LogP contribution >= 0.6 is 0 Å². The molecule has 0 aromatic heterocycles. The van der Waals surface area contributed by atoms with Gasteiger partial charge in [0, 0.05) is 19.5 Å². The Bertz CT molecular complexity index is 472. The molecule has 1 saturated heterocycles. The van der Waals surface area contributed by atoms with E-state index in [9.17, 15) is 0 Å². The largest absolute Gasteiger partial charge is 0.493 e. The summed E-state index contributed by atoms with van der Waals surface area (Å²) >= 11 is 0. The second-order valence-electron chi connectivity index (χ2n) is 6.17. The molecule has 2 unspecified atom stereocenters. The normalized spacial score (nSPS) is 30.2. The number of benzene rings is 1. The van der Waals surface area contributed by atoms with Gasteiger partial charge in [0.05, 0.1) is 18.3 Å². The van der Waals surface area contributed by atoms with Crippen LogP contribution in [0.5, 0.6) is 5.75 Å². The quantitative estimate of drug-likeness (QED) is 0.888. The van der Waals surface area contributed by atoms with Crippen molar-refractivity contribution in [3.63, 3.8) is 0 Å². The second-order valence-corrected chi connectivity index (χ2v) is 6.17. The predicted octanol–water partition coefficient (Wildman–Crippen LogP) is 2.70. The summed E-state index contributed by atoms with van der Waals surface area (Å²) in [6, 6.07) is 6.48. The van der Waals surface area contributed by atoms with Gasteiger partial charge in [0.25, 0.3) is 0 Å². The first-order valence-electron chi connectivity index (χ1n) is 7.23. The van der Waals surface area contributed by atoms with Crippen molar-refractivity contribution in [2.75, 3.05) is 19.7 Å². The van der Waals surface area contributed by atoms with E-state index < -0.39 is 0 Å². The Morgan fingerprint density at radius 2 is 2.21 bits per heavy atom. The minimum absolute atomic E-state index is 0.0849. The monoisotopic (exact) mass is 261 g/mol. The molecule has 1 aromatic rings. The van der Waals surface area contributed by atoms with Crippen molar-refractivity contribution in [3.05, 3.63) is 29.3 Å². The lowest BCUT2D eigenvalue weighted by Crippen LogP contribution is -2.52. The lowest BCUT2D eigenvalue weighted by molar-refractivity contribution is -0.132. The lowest BCUT2D eigenvalue weighted by atomic mass is 9.89. The number of fused-ring (bicyclic) bond motifs is 1. The Morgan fingerprint density at radius 1 is 1.37 bits per heavy atom. The molecule has 0 spiro atoms. The molecule has 2 aliphatic rings. The van der Waals surface area contributed by atoms with E-state index in [4.69, 9.17) is 9.47 Å². The summed E-state index contributed by atoms with van der Waals surface area (Å²) in [4.78, 5) is 0. The Hall–Kier alpha value is -1.06. The van der Waals surface area contributed by atoms with Crippen LogP contribution in [0.4, 0.5) is 0 Å². The molecule has 2 aliphatic heterocycles. The molecule has 0 aliphatic carbocycles. The fourth-order valence-corrected chi connectivity index (χ4v) is 2.79. The molecule has 0 amide bonds. The SMILES string of the molecule is CC(C)C1(C)CNCC(c2ccc3c(c2)CCO3)O1. The zero-order valence-corrected chi connectivity index (χ0v) is 12.0. The average molecular weight is 261 g/mol. The molecule has 1 N–H and O–H groups in total. The summed E-state index contributed by atoms with van der Waals surface area (Å²) in [5, 5.41) is 3.52. The maximum atomic E-state index is 6.38. The van der Waals surface area contributed by atoms with Crippen LogP contribution in [0.25, 0.3) is 0 Å². The summed E-state index contributed by atoms with van der Waals surface area (Å²) < 4.78 is 11.9. The highest BCUT2D eigenvalue weighted by molar-refractivity contribution is 5.40. The highest BCUT2D eigenvalue weighted by Crippen LogP contribution is 2.34. The van der Waals surface area contributed by atoms with Gasteiger partial charge in [0.15, 0.2) is 0 Å². The highest BCUT2D eigenvalue weighted by Gasteiger charge is 2.36. The van der Waals surface area contributed by atoms with E-state index in [0.29, 0.717) is 5.92 Å². The molecule has 0 radical (unpaired) electrons. The number of hydrogen-bond acceptors (Lipinski definition) is 3. The lowest BCUT2D eigenvalue weighted by Gasteiger charge is -2.42. The molecule has 104 valence electrons. The van der Waals surface area contributed by atoms with Crippen LogP contribution in [0, 0.1) is 5.92 Å². The van der Waals surface area contributed by atoms with Gasteiger partial charge >= 0.3 is 0 Å². The van der Waals surface area contributed by atoms with Crippen molar-refractivity contribution in [3.8, 4) is 5.75 Å². The maximum Gasteiger partial charge on any atom is 0.122 e. The van der Waals surface area contributed by atoms with Crippen LogP contribution in [-0.2, 0) is 11.2 Å². The zero-order chi connectivity index (χ0) is 13.5. The minimum atomic E-state index is -0.0849. The van der Waals surface area contributed by atoms with E-state index in [1.54, 1.807) is 0 Å². The topological polar surface area (TPSA) is 30.5 Å². The molecular formula is C16H23NO2. The third-order valence-corrected chi connectivity index (χ3v) is 4.52. The number of ether oxygens (including phenoxy) is 2. The van der Waals surface area contributed by atoms with Gasteiger partial charge in [0.2, 0.25) is 0 Å². The summed E-state index contributed by atoms with van der Waals surface area (Å²) in [6.45, 7) is 9.28. The molecule has 3 rings (SSSR count). The molecule has 0 saturated carbocycles. The van der Waals surface area contributed by atoms with E-state index in [2.05, 4.69) is 44.3 Å². The van der Waals surface area contributed by atoms with Gasteiger partial charge in [-0.25, -0.2) is 0 Å². The van der Waals surface area contributed by atoms with Crippen LogP contribution in [0.1, 0.15) is 38.0 Å². The second kappa shape index (κ2) is 4.80. The minimum Gasteiger partial charge on any atom is -0.493 e.